The highest BCUT2D eigenvalue weighted by molar-refractivity contribution is 6.35. The van der Waals surface area contributed by atoms with Crippen molar-refractivity contribution < 1.29 is 4.74 Å². The van der Waals surface area contributed by atoms with E-state index in [1.54, 1.807) is 6.07 Å². The van der Waals surface area contributed by atoms with Crippen molar-refractivity contribution in [2.24, 2.45) is 11.7 Å². The molecule has 15 heavy (non-hydrogen) atoms. The van der Waals surface area contributed by atoms with Crippen molar-refractivity contribution in [1.29, 1.82) is 0 Å². The second kappa shape index (κ2) is 4.56. The number of halogens is 2. The molecule has 0 bridgehead atoms. The van der Waals surface area contributed by atoms with E-state index in [9.17, 15) is 0 Å². The van der Waals surface area contributed by atoms with Crippen molar-refractivity contribution in [1.82, 2.24) is 4.98 Å². The first kappa shape index (κ1) is 11.0. The fourth-order valence-electron chi connectivity index (χ4n) is 1.61. The molecule has 0 atom stereocenters. The normalized spacial score (nSPS) is 24.7. The summed E-state index contributed by atoms with van der Waals surface area (Å²) in [6, 6.07) is 1.63. The predicted octanol–water partition coefficient (Wildman–Crippen LogP) is 2.50. The number of hydrogen-bond acceptors (Lipinski definition) is 3. The molecule has 82 valence electrons. The van der Waals surface area contributed by atoms with E-state index in [2.05, 4.69) is 4.98 Å². The van der Waals surface area contributed by atoms with Gasteiger partial charge in [0.05, 0.1) is 5.02 Å². The van der Waals surface area contributed by atoms with E-state index in [0.29, 0.717) is 21.8 Å². The van der Waals surface area contributed by atoms with Crippen molar-refractivity contribution in [3.05, 3.63) is 22.3 Å². The van der Waals surface area contributed by atoms with Gasteiger partial charge in [-0.2, -0.15) is 0 Å². The van der Waals surface area contributed by atoms with Gasteiger partial charge >= 0.3 is 0 Å². The SMILES string of the molecule is NCC1CC(Oc2ncc(Cl)cc2Cl)C1. The second-order valence-electron chi connectivity index (χ2n) is 3.75. The number of rotatable bonds is 3. The third-order valence-corrected chi connectivity index (χ3v) is 3.06. The van der Waals surface area contributed by atoms with Gasteiger partial charge in [0.1, 0.15) is 11.1 Å². The Morgan fingerprint density at radius 2 is 2.20 bits per heavy atom. The van der Waals surface area contributed by atoms with E-state index in [1.165, 1.54) is 6.20 Å². The fourth-order valence-corrected chi connectivity index (χ4v) is 2.03. The van der Waals surface area contributed by atoms with E-state index >= 15 is 0 Å². The number of ether oxygens (including phenoxy) is 1. The lowest BCUT2D eigenvalue weighted by Gasteiger charge is -2.34. The summed E-state index contributed by atoms with van der Waals surface area (Å²) in [4.78, 5) is 4.03. The number of nitrogens with zero attached hydrogens (tertiary/aromatic N) is 1. The first-order valence-electron chi connectivity index (χ1n) is 4.87. The van der Waals surface area contributed by atoms with Crippen LogP contribution in [0.3, 0.4) is 0 Å². The summed E-state index contributed by atoms with van der Waals surface area (Å²) in [6.07, 6.45) is 3.69. The minimum Gasteiger partial charge on any atom is -0.473 e. The van der Waals surface area contributed by atoms with E-state index in [4.69, 9.17) is 33.7 Å². The van der Waals surface area contributed by atoms with Crippen LogP contribution < -0.4 is 10.5 Å². The average Bonchev–Trinajstić information content (AvgIpc) is 2.13. The molecule has 1 aromatic heterocycles. The molecule has 0 radical (unpaired) electrons. The van der Waals surface area contributed by atoms with Crippen molar-refractivity contribution in [2.75, 3.05) is 6.54 Å². The zero-order chi connectivity index (χ0) is 10.8. The van der Waals surface area contributed by atoms with E-state index < -0.39 is 0 Å². The number of pyridine rings is 1. The maximum Gasteiger partial charge on any atom is 0.232 e. The summed E-state index contributed by atoms with van der Waals surface area (Å²) in [7, 11) is 0. The molecule has 2 N–H and O–H groups in total. The maximum absolute atomic E-state index is 5.93. The van der Waals surface area contributed by atoms with Crippen LogP contribution in [0.5, 0.6) is 5.88 Å². The van der Waals surface area contributed by atoms with Gasteiger partial charge in [-0.05, 0) is 31.4 Å². The summed E-state index contributed by atoms with van der Waals surface area (Å²) in [6.45, 7) is 0.724. The third kappa shape index (κ3) is 2.54. The van der Waals surface area contributed by atoms with Crippen LogP contribution in [0, 0.1) is 5.92 Å². The molecule has 5 heteroatoms. The molecule has 2 rings (SSSR count). The van der Waals surface area contributed by atoms with Gasteiger partial charge in [-0.3, -0.25) is 0 Å². The van der Waals surface area contributed by atoms with Gasteiger partial charge in [-0.1, -0.05) is 23.2 Å². The number of aromatic nitrogens is 1. The largest absolute Gasteiger partial charge is 0.473 e. The van der Waals surface area contributed by atoms with Gasteiger partial charge < -0.3 is 10.5 Å². The van der Waals surface area contributed by atoms with Crippen LogP contribution in [0.15, 0.2) is 12.3 Å². The summed E-state index contributed by atoms with van der Waals surface area (Å²) < 4.78 is 5.61. The van der Waals surface area contributed by atoms with Crippen LogP contribution in [-0.4, -0.2) is 17.6 Å². The molecule has 1 saturated carbocycles. The lowest BCUT2D eigenvalue weighted by molar-refractivity contribution is 0.0650. The first-order chi connectivity index (χ1) is 7.19. The summed E-state index contributed by atoms with van der Waals surface area (Å²) in [5, 5.41) is 0.972. The topological polar surface area (TPSA) is 48.1 Å². The third-order valence-electron chi connectivity index (χ3n) is 2.58. The zero-order valence-corrected chi connectivity index (χ0v) is 9.63. The summed E-state index contributed by atoms with van der Waals surface area (Å²) in [5.74, 6) is 1.04. The molecular formula is C10H12Cl2N2O. The van der Waals surface area contributed by atoms with Gasteiger partial charge in [0.2, 0.25) is 5.88 Å². The molecule has 1 heterocycles. The molecule has 0 unspecified atom stereocenters. The molecular weight excluding hydrogens is 235 g/mol. The second-order valence-corrected chi connectivity index (χ2v) is 4.60. The van der Waals surface area contributed by atoms with Gasteiger partial charge in [-0.15, -0.1) is 0 Å². The van der Waals surface area contributed by atoms with Crippen LogP contribution in [0.2, 0.25) is 10.0 Å². The Hall–Kier alpha value is -0.510. The summed E-state index contributed by atoms with van der Waals surface area (Å²) >= 11 is 11.7. The Bertz CT molecular complexity index is 353. The first-order valence-corrected chi connectivity index (χ1v) is 5.62. The Morgan fingerprint density at radius 1 is 1.47 bits per heavy atom. The van der Waals surface area contributed by atoms with Crippen LogP contribution in [0.1, 0.15) is 12.8 Å². The van der Waals surface area contributed by atoms with Gasteiger partial charge in [-0.25, -0.2) is 4.98 Å². The van der Waals surface area contributed by atoms with Crippen LogP contribution >= 0.6 is 23.2 Å². The lowest BCUT2D eigenvalue weighted by atomic mass is 9.82. The maximum atomic E-state index is 5.93. The highest BCUT2D eigenvalue weighted by atomic mass is 35.5. The lowest BCUT2D eigenvalue weighted by Crippen LogP contribution is -2.37. The van der Waals surface area contributed by atoms with E-state index in [-0.39, 0.29) is 6.10 Å². The number of nitrogens with two attached hydrogens (primary N) is 1. The minimum absolute atomic E-state index is 0.199. The van der Waals surface area contributed by atoms with E-state index in [1.807, 2.05) is 0 Å². The van der Waals surface area contributed by atoms with Crippen LogP contribution in [0.4, 0.5) is 0 Å². The predicted molar refractivity (Wildman–Crippen MR) is 60.5 cm³/mol. The van der Waals surface area contributed by atoms with Crippen LogP contribution in [-0.2, 0) is 0 Å². The van der Waals surface area contributed by atoms with Crippen molar-refractivity contribution in [2.45, 2.75) is 18.9 Å². The van der Waals surface area contributed by atoms with Crippen molar-refractivity contribution in [3.8, 4) is 5.88 Å². The minimum atomic E-state index is 0.199. The van der Waals surface area contributed by atoms with Gasteiger partial charge in [0.15, 0.2) is 0 Å². The molecule has 3 nitrogen and oxygen atoms in total. The monoisotopic (exact) mass is 246 g/mol. The average molecular weight is 247 g/mol. The van der Waals surface area contributed by atoms with Gasteiger partial charge in [0, 0.05) is 6.20 Å². The Balaban J connectivity index is 1.94. The number of hydrogen-bond donors (Lipinski definition) is 1. The molecule has 1 aliphatic carbocycles. The molecule has 0 saturated heterocycles. The summed E-state index contributed by atoms with van der Waals surface area (Å²) in [5.41, 5.74) is 5.52. The standard InChI is InChI=1S/C10H12Cl2N2O/c11-7-3-9(12)10(14-5-7)15-8-1-6(2-8)4-13/h3,5-6,8H,1-2,4,13H2. The van der Waals surface area contributed by atoms with Crippen molar-refractivity contribution >= 4 is 23.2 Å². The Kier molecular flexibility index (Phi) is 3.34. The Labute approximate surface area is 98.5 Å². The Morgan fingerprint density at radius 3 is 2.80 bits per heavy atom. The quantitative estimate of drug-likeness (QED) is 0.892. The molecule has 0 amide bonds. The molecule has 0 aliphatic heterocycles. The van der Waals surface area contributed by atoms with Crippen molar-refractivity contribution in [3.63, 3.8) is 0 Å². The van der Waals surface area contributed by atoms with E-state index in [0.717, 1.165) is 19.4 Å². The molecule has 0 spiro atoms. The van der Waals surface area contributed by atoms with Crippen LogP contribution in [0.25, 0.3) is 0 Å². The molecule has 1 aliphatic rings. The smallest absolute Gasteiger partial charge is 0.232 e. The highest BCUT2D eigenvalue weighted by Crippen LogP contribution is 2.33. The highest BCUT2D eigenvalue weighted by Gasteiger charge is 2.30. The zero-order valence-electron chi connectivity index (χ0n) is 8.12. The molecule has 1 aromatic rings. The van der Waals surface area contributed by atoms with Gasteiger partial charge in [0.25, 0.3) is 0 Å². The molecule has 1 fully saturated rings. The fraction of sp³-hybridized carbons (Fsp3) is 0.500. The molecule has 0 aromatic carbocycles.